The number of benzene rings is 2. The monoisotopic (exact) mass is 446 g/mol. The Labute approximate surface area is 185 Å². The van der Waals surface area contributed by atoms with Crippen molar-refractivity contribution in [1.82, 2.24) is 4.98 Å². The minimum Gasteiger partial charge on any atom is -0.494 e. The number of non-ortho nitro benzene ring substituents is 1. The quantitative estimate of drug-likeness (QED) is 0.193. The number of para-hydroxylation sites is 1. The van der Waals surface area contributed by atoms with E-state index in [9.17, 15) is 20.2 Å². The van der Waals surface area contributed by atoms with E-state index in [2.05, 4.69) is 16.4 Å². The first-order valence-electron chi connectivity index (χ1n) is 9.18. The standard InChI is InChI=1S/C22H14N4O5S/c1-30-20-9-15(26(28)29)6-7-17(20)24-11-14(10-23)21-25-18(12-32-21)16-8-13-4-2-3-5-19(13)31-22(16)27/h2-9,11-12,24H,1H3/b14-11+. The summed E-state index contributed by atoms with van der Waals surface area (Å²) in [7, 11) is 1.39. The average molecular weight is 446 g/mol. The molecule has 2 aromatic carbocycles. The summed E-state index contributed by atoms with van der Waals surface area (Å²) >= 11 is 1.20. The molecule has 0 saturated heterocycles. The van der Waals surface area contributed by atoms with Crippen LogP contribution >= 0.6 is 11.3 Å². The van der Waals surface area contributed by atoms with Crippen molar-refractivity contribution in [1.29, 1.82) is 5.26 Å². The molecule has 0 radical (unpaired) electrons. The van der Waals surface area contributed by atoms with E-state index < -0.39 is 10.5 Å². The van der Waals surface area contributed by atoms with Gasteiger partial charge in [0.25, 0.3) is 5.69 Å². The zero-order chi connectivity index (χ0) is 22.7. The number of hydrogen-bond acceptors (Lipinski definition) is 9. The molecule has 1 N–H and O–H groups in total. The lowest BCUT2D eigenvalue weighted by molar-refractivity contribution is -0.384. The largest absolute Gasteiger partial charge is 0.494 e. The van der Waals surface area contributed by atoms with Crippen LogP contribution in [0.4, 0.5) is 11.4 Å². The first kappa shape index (κ1) is 20.8. The molecule has 32 heavy (non-hydrogen) atoms. The molecular formula is C22H14N4O5S. The maximum absolute atomic E-state index is 12.4. The first-order chi connectivity index (χ1) is 15.5. The molecule has 0 aliphatic carbocycles. The summed E-state index contributed by atoms with van der Waals surface area (Å²) in [4.78, 5) is 27.2. The van der Waals surface area contributed by atoms with Crippen LogP contribution in [0.5, 0.6) is 5.75 Å². The summed E-state index contributed by atoms with van der Waals surface area (Å²) < 4.78 is 10.5. The average Bonchev–Trinajstić information content (AvgIpc) is 3.28. The van der Waals surface area contributed by atoms with Gasteiger partial charge in [-0.1, -0.05) is 18.2 Å². The molecule has 0 aliphatic rings. The molecule has 0 fully saturated rings. The van der Waals surface area contributed by atoms with Crippen molar-refractivity contribution >= 4 is 39.3 Å². The number of hydrogen-bond donors (Lipinski definition) is 1. The normalized spacial score (nSPS) is 11.2. The number of nitriles is 1. The van der Waals surface area contributed by atoms with Gasteiger partial charge in [-0.05, 0) is 18.2 Å². The van der Waals surface area contributed by atoms with Crippen molar-refractivity contribution in [3.05, 3.63) is 85.7 Å². The van der Waals surface area contributed by atoms with Crippen LogP contribution in [0.15, 0.2) is 69.3 Å². The molecule has 0 unspecified atom stereocenters. The third-order valence-corrected chi connectivity index (χ3v) is 5.42. The molecule has 4 aromatic rings. The number of methoxy groups -OCH3 is 1. The number of aromatic nitrogens is 1. The second kappa shape index (κ2) is 8.71. The van der Waals surface area contributed by atoms with Gasteiger partial charge in [-0.2, -0.15) is 5.26 Å². The van der Waals surface area contributed by atoms with Crippen LogP contribution in [0, 0.1) is 21.4 Å². The number of thiazole rings is 1. The number of rotatable bonds is 6. The minimum atomic E-state index is -0.525. The van der Waals surface area contributed by atoms with Gasteiger partial charge < -0.3 is 14.5 Å². The van der Waals surface area contributed by atoms with Crippen molar-refractivity contribution in [3.8, 4) is 23.1 Å². The van der Waals surface area contributed by atoms with Crippen molar-refractivity contribution < 1.29 is 14.1 Å². The lowest BCUT2D eigenvalue weighted by Gasteiger charge is -2.08. The molecule has 2 aromatic heterocycles. The Morgan fingerprint density at radius 3 is 2.88 bits per heavy atom. The van der Waals surface area contributed by atoms with Gasteiger partial charge in [-0.15, -0.1) is 11.3 Å². The summed E-state index contributed by atoms with van der Waals surface area (Å²) in [5.41, 5.74) is 1.21. The second-order valence-corrected chi connectivity index (χ2v) is 7.34. The summed E-state index contributed by atoms with van der Waals surface area (Å²) in [6.07, 6.45) is 1.43. The predicted molar refractivity (Wildman–Crippen MR) is 120 cm³/mol. The number of nitro benzene ring substituents is 1. The molecule has 0 saturated carbocycles. The highest BCUT2D eigenvalue weighted by molar-refractivity contribution is 7.11. The fraction of sp³-hybridized carbons (Fsp3) is 0.0455. The van der Waals surface area contributed by atoms with Gasteiger partial charge in [-0.3, -0.25) is 10.1 Å². The van der Waals surface area contributed by atoms with Gasteiger partial charge in [0.05, 0.1) is 35.0 Å². The van der Waals surface area contributed by atoms with Gasteiger partial charge >= 0.3 is 5.63 Å². The Hall–Kier alpha value is -4.49. The van der Waals surface area contributed by atoms with Crippen molar-refractivity contribution in [2.45, 2.75) is 0 Å². The number of ether oxygens (including phenoxy) is 1. The number of nitrogens with zero attached hydrogens (tertiary/aromatic N) is 3. The van der Waals surface area contributed by atoms with E-state index in [-0.39, 0.29) is 17.0 Å². The van der Waals surface area contributed by atoms with E-state index in [4.69, 9.17) is 9.15 Å². The first-order valence-corrected chi connectivity index (χ1v) is 10.1. The predicted octanol–water partition coefficient (Wildman–Crippen LogP) is 4.81. The molecule has 0 aliphatic heterocycles. The number of allylic oxidation sites excluding steroid dienone is 1. The van der Waals surface area contributed by atoms with Crippen LogP contribution in [0.25, 0.3) is 27.8 Å². The van der Waals surface area contributed by atoms with Crippen LogP contribution in [0.3, 0.4) is 0 Å². The lowest BCUT2D eigenvalue weighted by Crippen LogP contribution is -2.03. The zero-order valence-corrected chi connectivity index (χ0v) is 17.4. The van der Waals surface area contributed by atoms with Crippen molar-refractivity contribution in [2.75, 3.05) is 12.4 Å². The van der Waals surface area contributed by atoms with Crippen LogP contribution in [0.2, 0.25) is 0 Å². The molecule has 158 valence electrons. The molecule has 2 heterocycles. The van der Waals surface area contributed by atoms with Gasteiger partial charge in [-0.25, -0.2) is 9.78 Å². The molecule has 9 nitrogen and oxygen atoms in total. The molecule has 10 heteroatoms. The van der Waals surface area contributed by atoms with Crippen LogP contribution in [-0.2, 0) is 0 Å². The minimum absolute atomic E-state index is 0.115. The van der Waals surface area contributed by atoms with Crippen molar-refractivity contribution in [2.24, 2.45) is 0 Å². The van der Waals surface area contributed by atoms with E-state index in [0.29, 0.717) is 27.5 Å². The molecule has 0 spiro atoms. The van der Waals surface area contributed by atoms with Crippen LogP contribution < -0.4 is 15.7 Å². The highest BCUT2D eigenvalue weighted by atomic mass is 32.1. The van der Waals surface area contributed by atoms with Crippen LogP contribution in [0.1, 0.15) is 5.01 Å². The Morgan fingerprint density at radius 1 is 1.31 bits per heavy atom. The maximum atomic E-state index is 12.4. The van der Waals surface area contributed by atoms with Gasteiger partial charge in [0.2, 0.25) is 0 Å². The number of nitrogens with one attached hydrogen (secondary N) is 1. The second-order valence-electron chi connectivity index (χ2n) is 6.48. The molecule has 0 atom stereocenters. The Bertz CT molecular complexity index is 1470. The zero-order valence-electron chi connectivity index (χ0n) is 16.6. The molecule has 4 rings (SSSR count). The Balaban J connectivity index is 1.64. The van der Waals surface area contributed by atoms with Gasteiger partial charge in [0, 0.05) is 23.0 Å². The van der Waals surface area contributed by atoms with Crippen molar-refractivity contribution in [3.63, 3.8) is 0 Å². The summed E-state index contributed by atoms with van der Waals surface area (Å²) in [5, 5.41) is 26.3. The maximum Gasteiger partial charge on any atom is 0.345 e. The SMILES string of the molecule is COc1cc([N+](=O)[O-])ccc1N/C=C(\C#N)c1nc(-c2cc3ccccc3oc2=O)cs1. The van der Waals surface area contributed by atoms with E-state index >= 15 is 0 Å². The molecule has 0 bridgehead atoms. The number of nitro groups is 1. The van der Waals surface area contributed by atoms with E-state index in [1.165, 1.54) is 42.8 Å². The highest BCUT2D eigenvalue weighted by Gasteiger charge is 2.15. The van der Waals surface area contributed by atoms with E-state index in [1.54, 1.807) is 23.6 Å². The van der Waals surface area contributed by atoms with Gasteiger partial charge in [0.15, 0.2) is 0 Å². The highest BCUT2D eigenvalue weighted by Crippen LogP contribution is 2.30. The molecular weight excluding hydrogens is 432 g/mol. The number of fused-ring (bicyclic) bond motifs is 1. The lowest BCUT2D eigenvalue weighted by atomic mass is 10.1. The summed E-state index contributed by atoms with van der Waals surface area (Å²) in [5.74, 6) is 0.251. The number of anilines is 1. The molecule has 0 amide bonds. The van der Waals surface area contributed by atoms with E-state index in [1.807, 2.05) is 12.1 Å². The Morgan fingerprint density at radius 2 is 2.12 bits per heavy atom. The fourth-order valence-electron chi connectivity index (χ4n) is 2.97. The summed E-state index contributed by atoms with van der Waals surface area (Å²) in [6, 6.07) is 15.0. The smallest absolute Gasteiger partial charge is 0.345 e. The summed E-state index contributed by atoms with van der Waals surface area (Å²) in [6.45, 7) is 0. The van der Waals surface area contributed by atoms with Crippen LogP contribution in [-0.4, -0.2) is 17.0 Å². The van der Waals surface area contributed by atoms with Gasteiger partial charge in [0.1, 0.15) is 28.0 Å². The van der Waals surface area contributed by atoms with E-state index in [0.717, 1.165) is 5.39 Å². The third-order valence-electron chi connectivity index (χ3n) is 4.54. The fourth-order valence-corrected chi connectivity index (χ4v) is 3.75. The third kappa shape index (κ3) is 4.05. The Kier molecular flexibility index (Phi) is 5.65. The topological polar surface area (TPSA) is 131 Å².